The van der Waals surface area contributed by atoms with Gasteiger partial charge in [0.15, 0.2) is 5.78 Å². The van der Waals surface area contributed by atoms with Crippen molar-refractivity contribution in [3.8, 4) is 0 Å². The number of hydrogen-bond donors (Lipinski definition) is 0. The van der Waals surface area contributed by atoms with Gasteiger partial charge in [0.05, 0.1) is 0 Å². The standard InChI is InChI=1S/C23H16O/c24-22-14-21(15-6-2-1-3-7-15)23-19-11-10-16-8-4-5-9-17(16)18(19)12-13-20(22)23/h1-13,21H,14H2. The lowest BCUT2D eigenvalue weighted by Crippen LogP contribution is -1.97. The average Bonchev–Trinajstić information content (AvgIpc) is 2.99. The number of hydrogen-bond acceptors (Lipinski definition) is 1. The van der Waals surface area contributed by atoms with Crippen LogP contribution in [0.2, 0.25) is 0 Å². The molecule has 24 heavy (non-hydrogen) atoms. The number of rotatable bonds is 1. The molecule has 0 heterocycles. The fourth-order valence-corrected chi connectivity index (χ4v) is 4.10. The van der Waals surface area contributed by atoms with E-state index in [1.54, 1.807) is 0 Å². The Morgan fingerprint density at radius 1 is 0.667 bits per heavy atom. The van der Waals surface area contributed by atoms with E-state index in [-0.39, 0.29) is 11.7 Å². The summed E-state index contributed by atoms with van der Waals surface area (Å²) < 4.78 is 0. The largest absolute Gasteiger partial charge is 0.294 e. The van der Waals surface area contributed by atoms with Gasteiger partial charge >= 0.3 is 0 Å². The number of Topliss-reactive ketones (excluding diaryl/α,β-unsaturated/α-hetero) is 1. The van der Waals surface area contributed by atoms with E-state index in [0.29, 0.717) is 6.42 Å². The van der Waals surface area contributed by atoms with Gasteiger partial charge in [0.1, 0.15) is 0 Å². The van der Waals surface area contributed by atoms with Crippen molar-refractivity contribution in [3.63, 3.8) is 0 Å². The van der Waals surface area contributed by atoms with Gasteiger partial charge in [-0.1, -0.05) is 78.9 Å². The van der Waals surface area contributed by atoms with E-state index in [1.165, 1.54) is 32.7 Å². The summed E-state index contributed by atoms with van der Waals surface area (Å²) in [5.74, 6) is 0.424. The quantitative estimate of drug-likeness (QED) is 0.411. The van der Waals surface area contributed by atoms with Crippen molar-refractivity contribution in [1.29, 1.82) is 0 Å². The molecule has 5 rings (SSSR count). The highest BCUT2D eigenvalue weighted by molar-refractivity contribution is 6.14. The molecule has 1 aliphatic rings. The summed E-state index contributed by atoms with van der Waals surface area (Å²) in [4.78, 5) is 12.6. The molecule has 1 unspecified atom stereocenters. The second-order valence-corrected chi connectivity index (χ2v) is 6.50. The Kier molecular flexibility index (Phi) is 2.83. The van der Waals surface area contributed by atoms with Gasteiger partial charge < -0.3 is 0 Å². The van der Waals surface area contributed by atoms with Crippen LogP contribution in [-0.4, -0.2) is 5.78 Å². The predicted octanol–water partition coefficient (Wildman–Crippen LogP) is 5.71. The summed E-state index contributed by atoms with van der Waals surface area (Å²) in [6.07, 6.45) is 0.575. The first-order valence-electron chi connectivity index (χ1n) is 8.35. The summed E-state index contributed by atoms with van der Waals surface area (Å²) >= 11 is 0. The molecule has 0 aliphatic heterocycles. The van der Waals surface area contributed by atoms with E-state index in [1.807, 2.05) is 12.1 Å². The van der Waals surface area contributed by atoms with Crippen molar-refractivity contribution in [1.82, 2.24) is 0 Å². The van der Waals surface area contributed by atoms with Gasteiger partial charge in [0.2, 0.25) is 0 Å². The number of fused-ring (bicyclic) bond motifs is 5. The third-order valence-corrected chi connectivity index (χ3v) is 5.21. The Labute approximate surface area is 140 Å². The lowest BCUT2D eigenvalue weighted by Gasteiger charge is -2.15. The predicted molar refractivity (Wildman–Crippen MR) is 98.7 cm³/mol. The first-order chi connectivity index (χ1) is 11.8. The van der Waals surface area contributed by atoms with Gasteiger partial charge in [-0.2, -0.15) is 0 Å². The Morgan fingerprint density at radius 3 is 2.29 bits per heavy atom. The van der Waals surface area contributed by atoms with Crippen LogP contribution in [0.4, 0.5) is 0 Å². The van der Waals surface area contributed by atoms with Crippen LogP contribution in [0.1, 0.15) is 33.8 Å². The molecule has 1 atom stereocenters. The fourth-order valence-electron chi connectivity index (χ4n) is 4.10. The van der Waals surface area contributed by atoms with Crippen LogP contribution in [0.5, 0.6) is 0 Å². The first-order valence-corrected chi connectivity index (χ1v) is 8.35. The third-order valence-electron chi connectivity index (χ3n) is 5.21. The molecule has 114 valence electrons. The molecule has 0 bridgehead atoms. The van der Waals surface area contributed by atoms with Crippen molar-refractivity contribution in [2.75, 3.05) is 0 Å². The van der Waals surface area contributed by atoms with Gasteiger partial charge in [-0.15, -0.1) is 0 Å². The summed E-state index contributed by atoms with van der Waals surface area (Å²) in [5.41, 5.74) is 3.33. The molecule has 0 fully saturated rings. The maximum absolute atomic E-state index is 12.6. The molecule has 0 saturated heterocycles. The normalized spacial score (nSPS) is 16.7. The molecule has 0 spiro atoms. The SMILES string of the molecule is O=C1CC(c2ccccc2)c2c1ccc1c2ccc2ccccc21. The third kappa shape index (κ3) is 1.85. The van der Waals surface area contributed by atoms with Crippen molar-refractivity contribution >= 4 is 27.3 Å². The lowest BCUT2D eigenvalue weighted by atomic mass is 9.88. The summed E-state index contributed by atoms with van der Waals surface area (Å²) in [6.45, 7) is 0. The summed E-state index contributed by atoms with van der Waals surface area (Å²) in [7, 11) is 0. The second-order valence-electron chi connectivity index (χ2n) is 6.50. The van der Waals surface area contributed by atoms with E-state index in [0.717, 1.165) is 5.56 Å². The minimum Gasteiger partial charge on any atom is -0.294 e. The Morgan fingerprint density at radius 2 is 1.42 bits per heavy atom. The van der Waals surface area contributed by atoms with Crippen LogP contribution in [0.25, 0.3) is 21.5 Å². The minimum atomic E-state index is 0.165. The van der Waals surface area contributed by atoms with E-state index < -0.39 is 0 Å². The van der Waals surface area contributed by atoms with E-state index in [2.05, 4.69) is 66.7 Å². The molecule has 0 aromatic heterocycles. The number of carbonyl (C=O) groups is 1. The van der Waals surface area contributed by atoms with Crippen molar-refractivity contribution in [2.45, 2.75) is 12.3 Å². The highest BCUT2D eigenvalue weighted by atomic mass is 16.1. The summed E-state index contributed by atoms with van der Waals surface area (Å²) in [6, 6.07) is 27.3. The molecular weight excluding hydrogens is 292 g/mol. The fraction of sp³-hybridized carbons (Fsp3) is 0.0870. The second kappa shape index (κ2) is 5.04. The number of benzene rings is 4. The van der Waals surface area contributed by atoms with E-state index in [9.17, 15) is 4.79 Å². The molecule has 1 aliphatic carbocycles. The zero-order valence-corrected chi connectivity index (χ0v) is 13.2. The molecule has 1 heteroatoms. The van der Waals surface area contributed by atoms with Crippen LogP contribution in [0.3, 0.4) is 0 Å². The average molecular weight is 308 g/mol. The van der Waals surface area contributed by atoms with Crippen LogP contribution in [0, 0.1) is 0 Å². The molecule has 0 saturated carbocycles. The molecule has 0 radical (unpaired) electrons. The zero-order chi connectivity index (χ0) is 16.1. The van der Waals surface area contributed by atoms with Gasteiger partial charge in [-0.05, 0) is 32.7 Å². The van der Waals surface area contributed by atoms with Crippen LogP contribution >= 0.6 is 0 Å². The van der Waals surface area contributed by atoms with Gasteiger partial charge in [-0.25, -0.2) is 0 Å². The molecule has 1 nitrogen and oxygen atoms in total. The monoisotopic (exact) mass is 308 g/mol. The highest BCUT2D eigenvalue weighted by Crippen LogP contribution is 2.43. The van der Waals surface area contributed by atoms with Crippen molar-refractivity contribution in [3.05, 3.63) is 95.6 Å². The van der Waals surface area contributed by atoms with Gasteiger partial charge in [0.25, 0.3) is 0 Å². The first kappa shape index (κ1) is 13.5. The smallest absolute Gasteiger partial charge is 0.164 e. The van der Waals surface area contributed by atoms with Crippen LogP contribution in [0.15, 0.2) is 78.9 Å². The highest BCUT2D eigenvalue weighted by Gasteiger charge is 2.32. The van der Waals surface area contributed by atoms with E-state index in [4.69, 9.17) is 0 Å². The molecular formula is C23H16O. The minimum absolute atomic E-state index is 0.165. The maximum atomic E-state index is 12.6. The maximum Gasteiger partial charge on any atom is 0.164 e. The van der Waals surface area contributed by atoms with Crippen LogP contribution in [-0.2, 0) is 0 Å². The number of ketones is 1. The molecule has 4 aromatic rings. The molecule has 0 amide bonds. The van der Waals surface area contributed by atoms with Crippen molar-refractivity contribution in [2.24, 2.45) is 0 Å². The van der Waals surface area contributed by atoms with Crippen molar-refractivity contribution < 1.29 is 4.79 Å². The van der Waals surface area contributed by atoms with Gasteiger partial charge in [-0.3, -0.25) is 4.79 Å². The van der Waals surface area contributed by atoms with E-state index >= 15 is 0 Å². The van der Waals surface area contributed by atoms with Crippen LogP contribution < -0.4 is 0 Å². The Bertz CT molecular complexity index is 1090. The topological polar surface area (TPSA) is 17.1 Å². The Hall–Kier alpha value is -2.93. The Balaban J connectivity index is 1.86. The number of carbonyl (C=O) groups excluding carboxylic acids is 1. The summed E-state index contributed by atoms with van der Waals surface area (Å²) in [5, 5.41) is 4.95. The zero-order valence-electron chi connectivity index (χ0n) is 13.2. The van der Waals surface area contributed by atoms with Gasteiger partial charge in [0, 0.05) is 17.9 Å². The molecule has 4 aromatic carbocycles. The lowest BCUT2D eigenvalue weighted by molar-refractivity contribution is 0.0991. The molecule has 0 N–H and O–H groups in total.